The molecule has 0 radical (unpaired) electrons. The number of hydrogen-bond donors (Lipinski definition) is 1. The van der Waals surface area contributed by atoms with E-state index in [4.69, 9.17) is 9.90 Å². The highest BCUT2D eigenvalue weighted by atomic mass is 16.4. The van der Waals surface area contributed by atoms with Crippen LogP contribution in [0.1, 0.15) is 40.5 Å². The van der Waals surface area contributed by atoms with E-state index in [1.807, 2.05) is 20.8 Å². The van der Waals surface area contributed by atoms with Crippen LogP contribution < -0.4 is 0 Å². The molecule has 0 aliphatic heterocycles. The van der Waals surface area contributed by atoms with E-state index in [1.54, 1.807) is 0 Å². The van der Waals surface area contributed by atoms with Crippen LogP contribution in [-0.2, 0) is 9.59 Å². The molecule has 0 heterocycles. The molecule has 1 N–H and O–H groups in total. The second-order valence-electron chi connectivity index (χ2n) is 2.65. The molecule has 1 unspecified atom stereocenters. The van der Waals surface area contributed by atoms with Crippen LogP contribution in [-0.4, -0.2) is 16.9 Å². The lowest BCUT2D eigenvalue weighted by Gasteiger charge is -2.02. The Hall–Kier alpha value is -0.860. The monoisotopic (exact) mass is 174 g/mol. The third-order valence-electron chi connectivity index (χ3n) is 1.51. The van der Waals surface area contributed by atoms with Gasteiger partial charge in [0.15, 0.2) is 0 Å². The van der Waals surface area contributed by atoms with Crippen molar-refractivity contribution in [3.8, 4) is 0 Å². The standard InChI is InChI=1S/C7H14O.C2H4O2/c1-4-6(3)7(8)5-2;1-2(3)4/h6H,4-5H2,1-3H3;1H3,(H,3,4). The minimum Gasteiger partial charge on any atom is -0.481 e. The SMILES string of the molecule is CC(=O)O.CCC(=O)C(C)CC. The van der Waals surface area contributed by atoms with Gasteiger partial charge in [-0.25, -0.2) is 0 Å². The molecule has 0 amide bonds. The Balaban J connectivity index is 0. The molecule has 0 aliphatic carbocycles. The van der Waals surface area contributed by atoms with E-state index in [0.29, 0.717) is 12.2 Å². The van der Waals surface area contributed by atoms with Gasteiger partial charge in [-0.15, -0.1) is 0 Å². The summed E-state index contributed by atoms with van der Waals surface area (Å²) < 4.78 is 0. The second kappa shape index (κ2) is 8.24. The van der Waals surface area contributed by atoms with Gasteiger partial charge >= 0.3 is 0 Å². The van der Waals surface area contributed by atoms with Crippen molar-refractivity contribution >= 4 is 11.8 Å². The fourth-order valence-corrected chi connectivity index (χ4v) is 0.576. The number of rotatable bonds is 3. The molecule has 3 heteroatoms. The molecule has 0 rings (SSSR count). The van der Waals surface area contributed by atoms with E-state index in [0.717, 1.165) is 13.3 Å². The normalized spacial score (nSPS) is 11.0. The molecule has 0 aromatic carbocycles. The lowest BCUT2D eigenvalue weighted by atomic mass is 10.0. The van der Waals surface area contributed by atoms with Crippen molar-refractivity contribution in [3.05, 3.63) is 0 Å². The maximum Gasteiger partial charge on any atom is 0.300 e. The van der Waals surface area contributed by atoms with Gasteiger partial charge in [0.25, 0.3) is 5.97 Å². The van der Waals surface area contributed by atoms with Crippen molar-refractivity contribution in [3.63, 3.8) is 0 Å². The van der Waals surface area contributed by atoms with Crippen molar-refractivity contribution in [2.45, 2.75) is 40.5 Å². The van der Waals surface area contributed by atoms with Gasteiger partial charge in [0, 0.05) is 19.3 Å². The average molecular weight is 174 g/mol. The summed E-state index contributed by atoms with van der Waals surface area (Å²) in [7, 11) is 0. The van der Waals surface area contributed by atoms with E-state index in [2.05, 4.69) is 0 Å². The predicted octanol–water partition coefficient (Wildman–Crippen LogP) is 2.10. The lowest BCUT2D eigenvalue weighted by Crippen LogP contribution is -2.06. The molecule has 0 fully saturated rings. The summed E-state index contributed by atoms with van der Waals surface area (Å²) in [5.74, 6) is -0.174. The van der Waals surface area contributed by atoms with Crippen LogP contribution in [0.15, 0.2) is 0 Å². The van der Waals surface area contributed by atoms with Gasteiger partial charge in [0.05, 0.1) is 0 Å². The molecule has 0 saturated carbocycles. The smallest absolute Gasteiger partial charge is 0.300 e. The summed E-state index contributed by atoms with van der Waals surface area (Å²) >= 11 is 0. The Morgan fingerprint density at radius 2 is 1.67 bits per heavy atom. The third-order valence-corrected chi connectivity index (χ3v) is 1.51. The predicted molar refractivity (Wildman–Crippen MR) is 48.1 cm³/mol. The minimum atomic E-state index is -0.833. The highest BCUT2D eigenvalue weighted by Crippen LogP contribution is 2.03. The van der Waals surface area contributed by atoms with Crippen molar-refractivity contribution in [2.24, 2.45) is 5.92 Å². The van der Waals surface area contributed by atoms with Crippen molar-refractivity contribution in [2.75, 3.05) is 0 Å². The number of hydrogen-bond acceptors (Lipinski definition) is 2. The van der Waals surface area contributed by atoms with E-state index >= 15 is 0 Å². The van der Waals surface area contributed by atoms with E-state index in [9.17, 15) is 4.79 Å². The maximum atomic E-state index is 10.7. The van der Waals surface area contributed by atoms with E-state index in [-0.39, 0.29) is 5.92 Å². The van der Waals surface area contributed by atoms with Crippen LogP contribution in [0, 0.1) is 5.92 Å². The number of Topliss-reactive ketones (excluding diaryl/α,β-unsaturated/α-hetero) is 1. The van der Waals surface area contributed by atoms with Gasteiger partial charge in [-0.1, -0.05) is 20.8 Å². The first-order chi connectivity index (χ1) is 5.45. The summed E-state index contributed by atoms with van der Waals surface area (Å²) in [5.41, 5.74) is 0. The van der Waals surface area contributed by atoms with Crippen LogP contribution in [0.3, 0.4) is 0 Å². The van der Waals surface area contributed by atoms with Crippen molar-refractivity contribution < 1.29 is 14.7 Å². The largest absolute Gasteiger partial charge is 0.481 e. The highest BCUT2D eigenvalue weighted by Gasteiger charge is 2.05. The Morgan fingerprint density at radius 1 is 1.33 bits per heavy atom. The topological polar surface area (TPSA) is 54.4 Å². The van der Waals surface area contributed by atoms with Crippen LogP contribution in [0.2, 0.25) is 0 Å². The molecule has 72 valence electrons. The summed E-state index contributed by atoms with van der Waals surface area (Å²) in [5, 5.41) is 7.42. The van der Waals surface area contributed by atoms with Crippen LogP contribution in [0.4, 0.5) is 0 Å². The van der Waals surface area contributed by atoms with Gasteiger partial charge in [0.1, 0.15) is 5.78 Å². The van der Waals surface area contributed by atoms with E-state index < -0.39 is 5.97 Å². The quantitative estimate of drug-likeness (QED) is 0.712. The molecule has 3 nitrogen and oxygen atoms in total. The van der Waals surface area contributed by atoms with Crippen molar-refractivity contribution in [1.82, 2.24) is 0 Å². The first-order valence-corrected chi connectivity index (χ1v) is 4.17. The van der Waals surface area contributed by atoms with Crippen LogP contribution in [0.25, 0.3) is 0 Å². The summed E-state index contributed by atoms with van der Waals surface area (Å²) in [6, 6.07) is 0. The molecule has 0 aromatic rings. The Kier molecular flexibility index (Phi) is 9.41. The molecular formula is C9H18O3. The third kappa shape index (κ3) is 11.9. The van der Waals surface area contributed by atoms with Gasteiger partial charge in [-0.05, 0) is 6.42 Å². The summed E-state index contributed by atoms with van der Waals surface area (Å²) in [4.78, 5) is 19.7. The maximum absolute atomic E-state index is 10.7. The zero-order valence-electron chi connectivity index (χ0n) is 8.26. The van der Waals surface area contributed by atoms with Crippen LogP contribution in [0.5, 0.6) is 0 Å². The molecular weight excluding hydrogens is 156 g/mol. The molecule has 1 atom stereocenters. The average Bonchev–Trinajstić information content (AvgIpc) is 2.00. The molecule has 0 saturated heterocycles. The van der Waals surface area contributed by atoms with Gasteiger partial charge in [-0.3, -0.25) is 9.59 Å². The lowest BCUT2D eigenvalue weighted by molar-refractivity contribution is -0.134. The number of carboxylic acid groups (broad SMARTS) is 1. The number of carbonyl (C=O) groups excluding carboxylic acids is 1. The molecule has 12 heavy (non-hydrogen) atoms. The van der Waals surface area contributed by atoms with Gasteiger partial charge in [0.2, 0.25) is 0 Å². The minimum absolute atomic E-state index is 0.278. The Morgan fingerprint density at radius 3 is 1.75 bits per heavy atom. The Labute approximate surface area is 73.8 Å². The molecule has 0 spiro atoms. The van der Waals surface area contributed by atoms with Crippen LogP contribution >= 0.6 is 0 Å². The first kappa shape index (κ1) is 13.7. The summed E-state index contributed by atoms with van der Waals surface area (Å²) in [6.45, 7) is 7.01. The van der Waals surface area contributed by atoms with E-state index in [1.165, 1.54) is 0 Å². The van der Waals surface area contributed by atoms with Crippen molar-refractivity contribution in [1.29, 1.82) is 0 Å². The zero-order chi connectivity index (χ0) is 10.1. The zero-order valence-corrected chi connectivity index (χ0v) is 8.26. The fraction of sp³-hybridized carbons (Fsp3) is 0.778. The first-order valence-electron chi connectivity index (χ1n) is 4.17. The molecule has 0 bridgehead atoms. The number of aliphatic carboxylic acids is 1. The fourth-order valence-electron chi connectivity index (χ4n) is 0.576. The summed E-state index contributed by atoms with van der Waals surface area (Å²) in [6.07, 6.45) is 1.67. The second-order valence-corrected chi connectivity index (χ2v) is 2.65. The van der Waals surface area contributed by atoms with Gasteiger partial charge < -0.3 is 5.11 Å². The highest BCUT2D eigenvalue weighted by molar-refractivity contribution is 5.80. The number of carboxylic acids is 1. The Bertz CT molecular complexity index is 137. The molecule has 0 aromatic heterocycles. The van der Waals surface area contributed by atoms with Gasteiger partial charge in [-0.2, -0.15) is 0 Å². The number of carbonyl (C=O) groups is 2. The molecule has 0 aliphatic rings. The number of ketones is 1.